The van der Waals surface area contributed by atoms with Crippen molar-refractivity contribution in [1.82, 2.24) is 4.90 Å². The molecule has 18 heavy (non-hydrogen) atoms. The van der Waals surface area contributed by atoms with E-state index in [0.717, 1.165) is 24.6 Å². The minimum Gasteiger partial charge on any atom is -0.423 e. The number of piperidine rings is 1. The van der Waals surface area contributed by atoms with Crippen molar-refractivity contribution >= 4 is 12.6 Å². The lowest BCUT2D eigenvalue weighted by atomic mass is 9.79. The Morgan fingerprint density at radius 3 is 2.94 bits per heavy atom. The van der Waals surface area contributed by atoms with Crippen LogP contribution in [0.4, 0.5) is 0 Å². The van der Waals surface area contributed by atoms with Gasteiger partial charge in [0.25, 0.3) is 0 Å². The van der Waals surface area contributed by atoms with Gasteiger partial charge < -0.3 is 10.0 Å². The van der Waals surface area contributed by atoms with Gasteiger partial charge in [0.2, 0.25) is 0 Å². The van der Waals surface area contributed by atoms with Crippen LogP contribution in [0.2, 0.25) is 0 Å². The second-order valence-electron chi connectivity index (χ2n) is 5.27. The van der Waals surface area contributed by atoms with E-state index in [1.807, 2.05) is 12.1 Å². The third-order valence-electron chi connectivity index (χ3n) is 3.84. The topological polar surface area (TPSA) is 43.7 Å². The third kappa shape index (κ3) is 3.58. The normalized spacial score (nSPS) is 20.9. The highest BCUT2D eigenvalue weighted by atomic mass is 16.4. The molecule has 2 rings (SSSR count). The van der Waals surface area contributed by atoms with Crippen molar-refractivity contribution in [2.24, 2.45) is 5.92 Å². The molecular formula is C14H22BNO2. The molecule has 0 amide bonds. The average molecular weight is 247 g/mol. The van der Waals surface area contributed by atoms with E-state index in [1.54, 1.807) is 6.07 Å². The summed E-state index contributed by atoms with van der Waals surface area (Å²) < 4.78 is 0. The van der Waals surface area contributed by atoms with Crippen LogP contribution in [-0.2, 0) is 6.54 Å². The summed E-state index contributed by atoms with van der Waals surface area (Å²) >= 11 is 0. The van der Waals surface area contributed by atoms with Crippen LogP contribution in [-0.4, -0.2) is 35.2 Å². The van der Waals surface area contributed by atoms with Gasteiger partial charge in [-0.05, 0) is 36.3 Å². The van der Waals surface area contributed by atoms with Crippen LogP contribution in [0.1, 0.15) is 31.7 Å². The Balaban J connectivity index is 1.98. The highest BCUT2D eigenvalue weighted by Gasteiger charge is 2.19. The van der Waals surface area contributed by atoms with Gasteiger partial charge in [-0.15, -0.1) is 0 Å². The Labute approximate surface area is 110 Å². The van der Waals surface area contributed by atoms with Crippen LogP contribution in [0.15, 0.2) is 24.3 Å². The number of hydrogen-bond donors (Lipinski definition) is 2. The molecule has 0 spiro atoms. The average Bonchev–Trinajstić information content (AvgIpc) is 2.39. The molecule has 0 saturated carbocycles. The third-order valence-corrected chi connectivity index (χ3v) is 3.84. The first-order chi connectivity index (χ1) is 8.69. The lowest BCUT2D eigenvalue weighted by Gasteiger charge is -2.32. The van der Waals surface area contributed by atoms with Gasteiger partial charge in [-0.1, -0.05) is 37.6 Å². The summed E-state index contributed by atoms with van der Waals surface area (Å²) in [7, 11) is -1.37. The van der Waals surface area contributed by atoms with Crippen LogP contribution in [0.5, 0.6) is 0 Å². The van der Waals surface area contributed by atoms with Crippen LogP contribution < -0.4 is 5.46 Å². The smallest absolute Gasteiger partial charge is 0.423 e. The maximum Gasteiger partial charge on any atom is 0.488 e. The van der Waals surface area contributed by atoms with E-state index in [0.29, 0.717) is 5.46 Å². The molecule has 1 fully saturated rings. The maximum atomic E-state index is 9.18. The first-order valence-electron chi connectivity index (χ1n) is 6.86. The van der Waals surface area contributed by atoms with Gasteiger partial charge >= 0.3 is 7.12 Å². The first kappa shape index (κ1) is 13.6. The van der Waals surface area contributed by atoms with E-state index in [1.165, 1.54) is 25.8 Å². The standard InChI is InChI=1S/C14H22BNO2/c1-2-12-6-4-8-16(10-12)11-13-5-3-7-14(9-13)15(17)18/h3,5,7,9,12,17-18H,2,4,6,8,10-11H2,1H3. The van der Waals surface area contributed by atoms with Gasteiger partial charge in [0.05, 0.1) is 0 Å². The van der Waals surface area contributed by atoms with Crippen molar-refractivity contribution in [2.45, 2.75) is 32.7 Å². The van der Waals surface area contributed by atoms with Crippen molar-refractivity contribution in [1.29, 1.82) is 0 Å². The number of benzene rings is 1. The molecule has 1 aliphatic rings. The molecule has 1 aromatic rings. The molecule has 1 atom stereocenters. The number of hydrogen-bond acceptors (Lipinski definition) is 3. The lowest BCUT2D eigenvalue weighted by molar-refractivity contribution is 0.165. The van der Waals surface area contributed by atoms with Gasteiger partial charge in [-0.2, -0.15) is 0 Å². The summed E-state index contributed by atoms with van der Waals surface area (Å²) in [6, 6.07) is 7.59. The predicted octanol–water partition coefficient (Wildman–Crippen LogP) is 0.988. The summed E-state index contributed by atoms with van der Waals surface area (Å²) in [5.41, 5.74) is 1.74. The lowest BCUT2D eigenvalue weighted by Crippen LogP contribution is -2.35. The van der Waals surface area contributed by atoms with Crippen molar-refractivity contribution < 1.29 is 10.0 Å². The van der Waals surface area contributed by atoms with E-state index < -0.39 is 7.12 Å². The van der Waals surface area contributed by atoms with Crippen LogP contribution >= 0.6 is 0 Å². The molecule has 1 saturated heterocycles. The molecule has 0 radical (unpaired) electrons. The predicted molar refractivity (Wildman–Crippen MR) is 74.6 cm³/mol. The number of likely N-dealkylation sites (tertiary alicyclic amines) is 1. The van der Waals surface area contributed by atoms with Crippen LogP contribution in [0.25, 0.3) is 0 Å². The molecule has 0 aromatic heterocycles. The molecule has 1 unspecified atom stereocenters. The van der Waals surface area contributed by atoms with Crippen molar-refractivity contribution in [3.8, 4) is 0 Å². The quantitative estimate of drug-likeness (QED) is 0.780. The van der Waals surface area contributed by atoms with Gasteiger partial charge in [0.15, 0.2) is 0 Å². The molecule has 0 bridgehead atoms. The Morgan fingerprint density at radius 1 is 1.39 bits per heavy atom. The van der Waals surface area contributed by atoms with E-state index in [2.05, 4.69) is 17.9 Å². The summed E-state index contributed by atoms with van der Waals surface area (Å²) in [4.78, 5) is 2.47. The Morgan fingerprint density at radius 2 is 2.22 bits per heavy atom. The minimum absolute atomic E-state index is 0.580. The molecule has 4 heteroatoms. The number of nitrogens with zero attached hydrogens (tertiary/aromatic N) is 1. The molecule has 1 heterocycles. The van der Waals surface area contributed by atoms with Crippen molar-refractivity contribution in [2.75, 3.05) is 13.1 Å². The Hall–Kier alpha value is -0.835. The fourth-order valence-corrected chi connectivity index (χ4v) is 2.74. The fraction of sp³-hybridized carbons (Fsp3) is 0.571. The van der Waals surface area contributed by atoms with E-state index in [-0.39, 0.29) is 0 Å². The van der Waals surface area contributed by atoms with E-state index in [4.69, 9.17) is 0 Å². The van der Waals surface area contributed by atoms with Gasteiger partial charge in [-0.25, -0.2) is 0 Å². The van der Waals surface area contributed by atoms with Gasteiger partial charge in [0, 0.05) is 13.1 Å². The van der Waals surface area contributed by atoms with Crippen LogP contribution in [0.3, 0.4) is 0 Å². The molecule has 98 valence electrons. The monoisotopic (exact) mass is 247 g/mol. The second-order valence-corrected chi connectivity index (χ2v) is 5.27. The van der Waals surface area contributed by atoms with Crippen LogP contribution in [0, 0.1) is 5.92 Å². The molecule has 1 aliphatic heterocycles. The highest BCUT2D eigenvalue weighted by Crippen LogP contribution is 2.20. The first-order valence-corrected chi connectivity index (χ1v) is 6.86. The summed E-state index contributed by atoms with van der Waals surface area (Å²) in [6.07, 6.45) is 3.88. The largest absolute Gasteiger partial charge is 0.488 e. The van der Waals surface area contributed by atoms with Gasteiger partial charge in [0.1, 0.15) is 0 Å². The van der Waals surface area contributed by atoms with E-state index in [9.17, 15) is 10.0 Å². The van der Waals surface area contributed by atoms with Crippen molar-refractivity contribution in [3.63, 3.8) is 0 Å². The summed E-state index contributed by atoms with van der Waals surface area (Å²) in [5, 5.41) is 18.4. The highest BCUT2D eigenvalue weighted by molar-refractivity contribution is 6.58. The second kappa shape index (κ2) is 6.37. The number of rotatable bonds is 4. The molecule has 3 nitrogen and oxygen atoms in total. The summed E-state index contributed by atoms with van der Waals surface area (Å²) in [5.74, 6) is 0.824. The van der Waals surface area contributed by atoms with Gasteiger partial charge in [-0.3, -0.25) is 4.90 Å². The Kier molecular flexibility index (Phi) is 4.81. The Bertz CT molecular complexity index is 384. The minimum atomic E-state index is -1.37. The summed E-state index contributed by atoms with van der Waals surface area (Å²) in [6.45, 7) is 5.50. The molecule has 2 N–H and O–H groups in total. The molecular weight excluding hydrogens is 225 g/mol. The SMILES string of the molecule is CCC1CCCN(Cc2cccc(B(O)O)c2)C1. The zero-order valence-corrected chi connectivity index (χ0v) is 11.0. The van der Waals surface area contributed by atoms with Crippen molar-refractivity contribution in [3.05, 3.63) is 29.8 Å². The zero-order valence-electron chi connectivity index (χ0n) is 11.0. The zero-order chi connectivity index (χ0) is 13.0. The van der Waals surface area contributed by atoms with E-state index >= 15 is 0 Å². The molecule has 1 aromatic carbocycles. The maximum absolute atomic E-state index is 9.18. The fourth-order valence-electron chi connectivity index (χ4n) is 2.74. The molecule has 0 aliphatic carbocycles.